The molecule has 2 rings (SSSR count). The number of sulfonamides is 1. The van der Waals surface area contributed by atoms with Crippen LogP contribution in [0.25, 0.3) is 0 Å². The van der Waals surface area contributed by atoms with Crippen LogP contribution in [0.1, 0.15) is 18.4 Å². The molecule has 4 nitrogen and oxygen atoms in total. The Hall–Kier alpha value is -0.950. The van der Waals surface area contributed by atoms with E-state index in [9.17, 15) is 8.42 Å². The van der Waals surface area contributed by atoms with Gasteiger partial charge in [0.15, 0.2) is 0 Å². The monoisotopic (exact) mass is 402 g/mol. The van der Waals surface area contributed by atoms with Crippen molar-refractivity contribution in [1.29, 1.82) is 0 Å². The number of halogens is 2. The van der Waals surface area contributed by atoms with Gasteiger partial charge < -0.3 is 0 Å². The number of unbranched alkanes of at least 4 members (excludes halogenated alkanes) is 1. The summed E-state index contributed by atoms with van der Waals surface area (Å²) in [6, 6.07) is 11.6. The number of aromatic nitrogens is 1. The van der Waals surface area contributed by atoms with Crippen molar-refractivity contribution in [3.05, 3.63) is 57.8 Å². The van der Waals surface area contributed by atoms with E-state index in [0.29, 0.717) is 11.0 Å². The second kappa shape index (κ2) is 8.06. The lowest BCUT2D eigenvalue weighted by molar-refractivity contribution is 0.576. The molecule has 1 aromatic carbocycles. The van der Waals surface area contributed by atoms with Crippen LogP contribution in [-0.2, 0) is 16.4 Å². The molecule has 7 heteroatoms. The average molecular weight is 404 g/mol. The third-order valence-electron chi connectivity index (χ3n) is 3.11. The first-order chi connectivity index (χ1) is 10.5. The molecule has 0 amide bonds. The van der Waals surface area contributed by atoms with Gasteiger partial charge in [0, 0.05) is 12.7 Å². The van der Waals surface area contributed by atoms with E-state index < -0.39 is 10.0 Å². The largest absolute Gasteiger partial charge is 0.242 e. The van der Waals surface area contributed by atoms with Gasteiger partial charge in [-0.2, -0.15) is 0 Å². The molecule has 0 saturated heterocycles. The number of hydrogen-bond donors (Lipinski definition) is 1. The van der Waals surface area contributed by atoms with E-state index in [1.807, 2.05) is 18.2 Å². The second-order valence-electron chi connectivity index (χ2n) is 4.78. The predicted octanol–water partition coefficient (Wildman–Crippen LogP) is 3.80. The van der Waals surface area contributed by atoms with E-state index in [4.69, 9.17) is 11.6 Å². The number of hydrogen-bond acceptors (Lipinski definition) is 3. The van der Waals surface area contributed by atoms with Gasteiger partial charge in [-0.1, -0.05) is 41.9 Å². The zero-order chi connectivity index (χ0) is 16.0. The van der Waals surface area contributed by atoms with Crippen LogP contribution in [0.15, 0.2) is 52.0 Å². The fraction of sp³-hybridized carbons (Fsp3) is 0.267. The molecular weight excluding hydrogens is 388 g/mol. The Kier molecular flexibility index (Phi) is 6.37. The van der Waals surface area contributed by atoms with Gasteiger partial charge in [-0.05, 0) is 46.8 Å². The standard InChI is InChI=1S/C15H16BrClN2O2S/c16-14-10-13(11-18-15(14)17)22(20,21)19-9-5-4-8-12-6-2-1-3-7-12/h1-3,6-7,10-11,19H,4-5,8-9H2. The molecule has 1 aromatic heterocycles. The van der Waals surface area contributed by atoms with E-state index in [2.05, 4.69) is 37.8 Å². The molecular formula is C15H16BrClN2O2S. The van der Waals surface area contributed by atoms with Crippen molar-refractivity contribution in [1.82, 2.24) is 9.71 Å². The van der Waals surface area contributed by atoms with E-state index in [0.717, 1.165) is 19.3 Å². The number of pyridine rings is 1. The first-order valence-electron chi connectivity index (χ1n) is 6.84. The lowest BCUT2D eigenvalue weighted by atomic mass is 10.1. The molecule has 0 fully saturated rings. The summed E-state index contributed by atoms with van der Waals surface area (Å²) in [5, 5.41) is 0.238. The Morgan fingerprint density at radius 1 is 1.18 bits per heavy atom. The Morgan fingerprint density at radius 2 is 1.91 bits per heavy atom. The van der Waals surface area contributed by atoms with Gasteiger partial charge in [-0.3, -0.25) is 0 Å². The van der Waals surface area contributed by atoms with Crippen LogP contribution < -0.4 is 4.72 Å². The summed E-state index contributed by atoms with van der Waals surface area (Å²) in [4.78, 5) is 3.93. The van der Waals surface area contributed by atoms with E-state index in [-0.39, 0.29) is 10.0 Å². The SMILES string of the molecule is O=S(=O)(NCCCCc1ccccc1)c1cnc(Cl)c(Br)c1. The highest BCUT2D eigenvalue weighted by atomic mass is 79.9. The number of aryl methyl sites for hydroxylation is 1. The molecule has 1 N–H and O–H groups in total. The zero-order valence-electron chi connectivity index (χ0n) is 11.8. The normalized spacial score (nSPS) is 11.5. The summed E-state index contributed by atoms with van der Waals surface area (Å²) in [5.74, 6) is 0. The molecule has 0 aliphatic heterocycles. The number of rotatable bonds is 7. The molecule has 0 radical (unpaired) electrons. The Bertz CT molecular complexity index is 724. The smallest absolute Gasteiger partial charge is 0.242 e. The molecule has 118 valence electrons. The summed E-state index contributed by atoms with van der Waals surface area (Å²) < 4.78 is 27.3. The summed E-state index contributed by atoms with van der Waals surface area (Å²) in [6.45, 7) is 0.398. The van der Waals surface area contributed by atoms with Crippen molar-refractivity contribution in [3.8, 4) is 0 Å². The Labute approximate surface area is 144 Å². The average Bonchev–Trinajstić information content (AvgIpc) is 2.50. The molecule has 0 unspecified atom stereocenters. The number of nitrogens with one attached hydrogen (secondary N) is 1. The Balaban J connectivity index is 1.81. The van der Waals surface area contributed by atoms with Gasteiger partial charge in [-0.25, -0.2) is 18.1 Å². The maximum absolute atomic E-state index is 12.1. The summed E-state index contributed by atoms with van der Waals surface area (Å²) >= 11 is 8.93. The van der Waals surface area contributed by atoms with Crippen LogP contribution in [0.5, 0.6) is 0 Å². The van der Waals surface area contributed by atoms with E-state index in [1.165, 1.54) is 17.8 Å². The highest BCUT2D eigenvalue weighted by Gasteiger charge is 2.15. The highest BCUT2D eigenvalue weighted by molar-refractivity contribution is 9.10. The molecule has 22 heavy (non-hydrogen) atoms. The minimum absolute atomic E-state index is 0.104. The van der Waals surface area contributed by atoms with Crippen molar-refractivity contribution in [2.45, 2.75) is 24.2 Å². The topological polar surface area (TPSA) is 59.1 Å². The second-order valence-corrected chi connectivity index (χ2v) is 7.76. The van der Waals surface area contributed by atoms with E-state index in [1.54, 1.807) is 0 Å². The van der Waals surface area contributed by atoms with Crippen LogP contribution in [0.3, 0.4) is 0 Å². The van der Waals surface area contributed by atoms with Gasteiger partial charge >= 0.3 is 0 Å². The van der Waals surface area contributed by atoms with Crippen LogP contribution in [0, 0.1) is 0 Å². The van der Waals surface area contributed by atoms with Crippen LogP contribution in [0.2, 0.25) is 5.15 Å². The molecule has 1 heterocycles. The maximum Gasteiger partial charge on any atom is 0.242 e. The van der Waals surface area contributed by atoms with Gasteiger partial charge in [0.2, 0.25) is 10.0 Å². The lowest BCUT2D eigenvalue weighted by Gasteiger charge is -2.07. The minimum Gasteiger partial charge on any atom is -0.242 e. The zero-order valence-corrected chi connectivity index (χ0v) is 15.0. The van der Waals surface area contributed by atoms with Gasteiger partial charge in [0.05, 0.1) is 4.47 Å². The molecule has 0 bridgehead atoms. The number of nitrogens with zero attached hydrogens (tertiary/aromatic N) is 1. The van der Waals surface area contributed by atoms with Gasteiger partial charge in [0.1, 0.15) is 10.0 Å². The fourth-order valence-corrected chi connectivity index (χ4v) is 3.59. The fourth-order valence-electron chi connectivity index (χ4n) is 1.94. The summed E-state index contributed by atoms with van der Waals surface area (Å²) in [7, 11) is -3.55. The van der Waals surface area contributed by atoms with Crippen molar-refractivity contribution < 1.29 is 8.42 Å². The summed E-state index contributed by atoms with van der Waals surface area (Å²) in [5.41, 5.74) is 1.26. The lowest BCUT2D eigenvalue weighted by Crippen LogP contribution is -2.25. The van der Waals surface area contributed by atoms with Crippen LogP contribution in [-0.4, -0.2) is 19.9 Å². The van der Waals surface area contributed by atoms with Crippen molar-refractivity contribution in [2.75, 3.05) is 6.54 Å². The summed E-state index contributed by atoms with van der Waals surface area (Å²) in [6.07, 6.45) is 3.89. The van der Waals surface area contributed by atoms with Gasteiger partial charge in [-0.15, -0.1) is 0 Å². The van der Waals surface area contributed by atoms with E-state index >= 15 is 0 Å². The quantitative estimate of drug-likeness (QED) is 0.565. The molecule has 0 saturated carbocycles. The Morgan fingerprint density at radius 3 is 2.59 bits per heavy atom. The van der Waals surface area contributed by atoms with Crippen LogP contribution >= 0.6 is 27.5 Å². The molecule has 0 aliphatic carbocycles. The first kappa shape index (κ1) is 17.4. The highest BCUT2D eigenvalue weighted by Crippen LogP contribution is 2.22. The predicted molar refractivity (Wildman–Crippen MR) is 91.5 cm³/mol. The van der Waals surface area contributed by atoms with Gasteiger partial charge in [0.25, 0.3) is 0 Å². The van der Waals surface area contributed by atoms with Crippen molar-refractivity contribution in [2.24, 2.45) is 0 Å². The first-order valence-corrected chi connectivity index (χ1v) is 9.49. The number of benzene rings is 1. The maximum atomic E-state index is 12.1. The van der Waals surface area contributed by atoms with Crippen molar-refractivity contribution >= 4 is 37.6 Å². The third kappa shape index (κ3) is 5.05. The molecule has 0 aliphatic rings. The van der Waals surface area contributed by atoms with Crippen LogP contribution in [0.4, 0.5) is 0 Å². The third-order valence-corrected chi connectivity index (χ3v) is 5.67. The molecule has 0 spiro atoms. The molecule has 0 atom stereocenters. The molecule has 2 aromatic rings. The minimum atomic E-state index is -3.55. The van der Waals surface area contributed by atoms with Crippen molar-refractivity contribution in [3.63, 3.8) is 0 Å².